The number of carboxylic acid groups (broad SMARTS) is 3. The smallest absolute Gasteiger partial charge is 0.330 e. The first kappa shape index (κ1) is 61.0. The summed E-state index contributed by atoms with van der Waals surface area (Å²) in [5.41, 5.74) is 2.60. The second-order valence-corrected chi connectivity index (χ2v) is 21.6. The second kappa shape index (κ2) is 29.2. The number of amides is 2. The molecule has 0 radical (unpaired) electrons. The number of anilines is 1. The number of nitrogens with zero attached hydrogens (tertiary/aromatic N) is 7. The number of carbonyl (C=O) groups is 6. The van der Waals surface area contributed by atoms with E-state index in [9.17, 15) is 44.1 Å². The zero-order valence-corrected chi connectivity index (χ0v) is 46.5. The molecule has 2 aromatic carbocycles. The van der Waals surface area contributed by atoms with Crippen molar-refractivity contribution in [3.8, 4) is 28.4 Å². The number of benzene rings is 2. The molecule has 430 valence electrons. The molecule has 1 aliphatic heterocycles. The fourth-order valence-corrected chi connectivity index (χ4v) is 12.3. The number of aliphatic carboxylic acids is 3. The Hall–Kier alpha value is -6.17. The summed E-state index contributed by atoms with van der Waals surface area (Å²) in [6, 6.07) is 13.3. The van der Waals surface area contributed by atoms with E-state index in [1.54, 1.807) is 34.8 Å². The fraction of sp³-hybridized carbons (Fsp3) is 0.625. The van der Waals surface area contributed by atoms with Crippen LogP contribution in [0.15, 0.2) is 42.5 Å². The number of rotatable bonds is 25. The third-order valence-corrected chi connectivity index (χ3v) is 16.0. The normalized spacial score (nSPS) is 22.2. The van der Waals surface area contributed by atoms with Crippen LogP contribution < -0.4 is 25.4 Å². The van der Waals surface area contributed by atoms with Gasteiger partial charge in [-0.2, -0.15) is 5.10 Å². The van der Waals surface area contributed by atoms with Crippen molar-refractivity contribution < 1.29 is 58.7 Å². The molecule has 78 heavy (non-hydrogen) atoms. The Labute approximate surface area is 458 Å². The van der Waals surface area contributed by atoms with Gasteiger partial charge in [0.15, 0.2) is 5.69 Å². The minimum atomic E-state index is -1.34. The molecule has 2 amide bonds. The van der Waals surface area contributed by atoms with Gasteiger partial charge in [-0.25, -0.2) is 9.48 Å². The van der Waals surface area contributed by atoms with Crippen molar-refractivity contribution >= 4 is 41.7 Å². The van der Waals surface area contributed by atoms with Crippen LogP contribution in [0.5, 0.6) is 11.5 Å². The van der Waals surface area contributed by atoms with Gasteiger partial charge in [0.2, 0.25) is 5.91 Å². The first-order valence-electron chi connectivity index (χ1n) is 27.4. The molecule has 5 aliphatic rings. The van der Waals surface area contributed by atoms with Crippen LogP contribution in [0.4, 0.5) is 5.69 Å². The van der Waals surface area contributed by atoms with E-state index in [1.807, 2.05) is 40.1 Å². The van der Waals surface area contributed by atoms with Gasteiger partial charge in [0.25, 0.3) is 5.91 Å². The van der Waals surface area contributed by atoms with E-state index < -0.39 is 29.4 Å². The summed E-state index contributed by atoms with van der Waals surface area (Å²) in [6.07, 6.45) is 6.80. The highest BCUT2D eigenvalue weighted by Crippen LogP contribution is 2.58. The van der Waals surface area contributed by atoms with Crippen molar-refractivity contribution in [3.63, 3.8) is 0 Å². The predicted octanol–water partition coefficient (Wildman–Crippen LogP) is 3.13. The van der Waals surface area contributed by atoms with E-state index in [1.165, 1.54) is 0 Å². The van der Waals surface area contributed by atoms with Gasteiger partial charge < -0.3 is 55.5 Å². The lowest BCUT2D eigenvalue weighted by atomic mass is 9.48. The van der Waals surface area contributed by atoms with Crippen LogP contribution >= 0.6 is 0 Å². The minimum Gasteiger partial charge on any atom is -0.496 e. The van der Waals surface area contributed by atoms with Gasteiger partial charge >= 0.3 is 17.9 Å². The Balaban J connectivity index is 0.00000486. The molecule has 0 atom stereocenters. The molecular formula is C56H84N10O12. The van der Waals surface area contributed by atoms with Gasteiger partial charge in [-0.15, -0.1) is 0 Å². The molecule has 5 fully saturated rings. The molecule has 0 spiro atoms. The number of hydrogen-bond acceptors (Lipinski definition) is 16. The van der Waals surface area contributed by atoms with Gasteiger partial charge in [-0.1, -0.05) is 19.9 Å². The third kappa shape index (κ3) is 15.8. The fourth-order valence-electron chi connectivity index (χ4n) is 12.3. The Morgan fingerprint density at radius 3 is 1.77 bits per heavy atom. The molecular weight excluding hydrogens is 1000 g/mol. The number of methoxy groups -OCH3 is 2. The average molecular weight is 1090 g/mol. The standard InChI is InChI=1S/C55H80N10O11.CH4O/c1-37(2)43-32-42(56-13-7-15-60(3)16-8-14-57-49(67)34-62-19-17-61(25-26-66)18-20-63(35-50(68)69)23-24-64(22-21-62)36-51(70)71)11-12-45(43)65-46(52-47(75-4)9-6-10-48(52)76-5)33-44(59-65)53(72)58-55(54(73)74)40-28-38-27-39(30-40)31-41(55)29-38;1-2/h6,9-12,26,32-33,37-41,56H,7-8,13-25,27-31,34-36H2,1-5H3,(H,57,67)(H,58,72)(H,68,69)(H,70,71)(H,73,74);2H,1H3. The molecule has 7 N–H and O–H groups in total. The maximum Gasteiger partial charge on any atom is 0.330 e. The van der Waals surface area contributed by atoms with Crippen LogP contribution in [0.3, 0.4) is 0 Å². The number of ether oxygens (including phenoxy) is 2. The molecule has 3 aromatic rings. The quantitative estimate of drug-likeness (QED) is 0.0474. The van der Waals surface area contributed by atoms with E-state index in [0.29, 0.717) is 100 Å². The number of aliphatic hydroxyl groups excluding tert-OH is 1. The van der Waals surface area contributed by atoms with Crippen LogP contribution in [0, 0.1) is 23.7 Å². The molecule has 0 unspecified atom stereocenters. The highest BCUT2D eigenvalue weighted by molar-refractivity contribution is 5.98. The van der Waals surface area contributed by atoms with E-state index in [4.69, 9.17) is 19.7 Å². The maximum atomic E-state index is 14.5. The Morgan fingerprint density at radius 1 is 0.744 bits per heavy atom. The van der Waals surface area contributed by atoms with Crippen LogP contribution in [0.25, 0.3) is 16.9 Å². The summed E-state index contributed by atoms with van der Waals surface area (Å²) in [7, 11) is 6.21. The summed E-state index contributed by atoms with van der Waals surface area (Å²) >= 11 is 0. The van der Waals surface area contributed by atoms with Crippen LogP contribution in [0.2, 0.25) is 0 Å². The van der Waals surface area contributed by atoms with Crippen molar-refractivity contribution in [1.29, 1.82) is 0 Å². The van der Waals surface area contributed by atoms with E-state index in [-0.39, 0.29) is 55.5 Å². The molecule has 4 saturated carbocycles. The first-order chi connectivity index (χ1) is 37.5. The number of hydrogen-bond donors (Lipinski definition) is 7. The van der Waals surface area contributed by atoms with Crippen molar-refractivity contribution in [1.82, 2.24) is 44.9 Å². The molecule has 2 heterocycles. The molecule has 1 saturated heterocycles. The number of aldehydes is 1. The topological polar surface area (TPSA) is 272 Å². The van der Waals surface area contributed by atoms with Crippen LogP contribution in [0.1, 0.15) is 80.8 Å². The zero-order chi connectivity index (χ0) is 56.5. The molecule has 22 heteroatoms. The summed E-state index contributed by atoms with van der Waals surface area (Å²) in [5.74, 6) is -1.69. The largest absolute Gasteiger partial charge is 0.496 e. The van der Waals surface area contributed by atoms with E-state index >= 15 is 0 Å². The minimum absolute atomic E-state index is 0.0471. The molecule has 1 aromatic heterocycles. The van der Waals surface area contributed by atoms with Crippen molar-refractivity contribution in [3.05, 3.63) is 53.7 Å². The van der Waals surface area contributed by atoms with Crippen LogP contribution in [-0.4, -0.2) is 229 Å². The van der Waals surface area contributed by atoms with Gasteiger partial charge in [-0.05, 0) is 137 Å². The third-order valence-electron chi connectivity index (χ3n) is 16.0. The van der Waals surface area contributed by atoms with Crippen LogP contribution in [-0.2, 0) is 24.0 Å². The lowest BCUT2D eigenvalue weighted by Crippen LogP contribution is -2.70. The number of nitrogens with one attached hydrogen (secondary N) is 3. The highest BCUT2D eigenvalue weighted by atomic mass is 16.5. The maximum absolute atomic E-state index is 14.5. The SMILES string of the molecule is CO.COc1cccc(OC)c1-c1cc(C(=O)NC2(C(=O)O)C3CC4CC(C3)CC2C4)nn1-c1ccc(NCCCN(C)CCCNC(=O)CN2CCN(CC=O)CCN(CC(=O)O)CCN(CC(=O)O)CC2)cc1C(C)C. The zero-order valence-electron chi connectivity index (χ0n) is 46.5. The first-order valence-corrected chi connectivity index (χ1v) is 27.4. The number of aliphatic hydroxyl groups is 1. The van der Waals surface area contributed by atoms with Gasteiger partial charge in [0.05, 0.1) is 57.3 Å². The summed E-state index contributed by atoms with van der Waals surface area (Å²) in [4.78, 5) is 85.2. The van der Waals surface area contributed by atoms with Gasteiger partial charge in [-0.3, -0.25) is 38.8 Å². The van der Waals surface area contributed by atoms with Crippen molar-refractivity contribution in [2.24, 2.45) is 23.7 Å². The average Bonchev–Trinajstić information content (AvgIpc) is 4.01. The lowest BCUT2D eigenvalue weighted by molar-refractivity contribution is -0.163. The summed E-state index contributed by atoms with van der Waals surface area (Å²) in [5, 5.41) is 51.5. The monoisotopic (exact) mass is 1090 g/mol. The summed E-state index contributed by atoms with van der Waals surface area (Å²) < 4.78 is 13.4. The number of aromatic nitrogens is 2. The van der Waals surface area contributed by atoms with Crippen molar-refractivity contribution in [2.45, 2.75) is 70.3 Å². The Morgan fingerprint density at radius 2 is 1.27 bits per heavy atom. The Kier molecular flexibility index (Phi) is 22.8. The Bertz CT molecular complexity index is 2450. The molecule has 4 aliphatic carbocycles. The molecule has 4 bridgehead atoms. The lowest BCUT2D eigenvalue weighted by Gasteiger charge is -2.59. The molecule has 8 rings (SSSR count). The summed E-state index contributed by atoms with van der Waals surface area (Å²) in [6.45, 7) is 10.3. The molecule has 22 nitrogen and oxygen atoms in total. The number of carbonyl (C=O) groups excluding carboxylic acids is 3. The van der Waals surface area contributed by atoms with Crippen molar-refractivity contribution in [2.75, 3.05) is 138 Å². The number of carboxylic acids is 3. The highest BCUT2D eigenvalue weighted by Gasteiger charge is 2.62. The van der Waals surface area contributed by atoms with Gasteiger partial charge in [0.1, 0.15) is 23.3 Å². The van der Waals surface area contributed by atoms with E-state index in [2.05, 4.69) is 47.8 Å². The predicted molar refractivity (Wildman–Crippen MR) is 295 cm³/mol. The van der Waals surface area contributed by atoms with Gasteiger partial charge in [0, 0.05) is 78.2 Å². The van der Waals surface area contributed by atoms with E-state index in [0.717, 1.165) is 88.4 Å². The second-order valence-electron chi connectivity index (χ2n) is 21.6.